The summed E-state index contributed by atoms with van der Waals surface area (Å²) >= 11 is 8.52. The first-order valence-electron chi connectivity index (χ1n) is 6.30. The van der Waals surface area contributed by atoms with Crippen molar-refractivity contribution in [3.8, 4) is 11.5 Å². The molecular formula is C15H13ClINO2. The first-order valence-corrected chi connectivity index (χ1v) is 7.75. The van der Waals surface area contributed by atoms with Crippen LogP contribution in [0.15, 0.2) is 36.4 Å². The molecule has 0 amide bonds. The third-order valence-electron chi connectivity index (χ3n) is 2.98. The molecule has 0 atom stereocenters. The van der Waals surface area contributed by atoms with Gasteiger partial charge < -0.3 is 14.8 Å². The molecule has 0 fully saturated rings. The topological polar surface area (TPSA) is 30.5 Å². The van der Waals surface area contributed by atoms with Gasteiger partial charge in [0.2, 0.25) is 0 Å². The minimum Gasteiger partial charge on any atom is -0.486 e. The molecule has 0 bridgehead atoms. The fraction of sp³-hybridized carbons (Fsp3) is 0.200. The highest BCUT2D eigenvalue weighted by Crippen LogP contribution is 2.38. The van der Waals surface area contributed by atoms with Gasteiger partial charge in [0.25, 0.3) is 0 Å². The van der Waals surface area contributed by atoms with Gasteiger partial charge in [-0.2, -0.15) is 0 Å². The smallest absolute Gasteiger partial charge is 0.179 e. The van der Waals surface area contributed by atoms with Crippen LogP contribution in [-0.4, -0.2) is 13.2 Å². The predicted octanol–water partition coefficient (Wildman–Crippen LogP) is 4.33. The lowest BCUT2D eigenvalue weighted by Crippen LogP contribution is -2.16. The predicted molar refractivity (Wildman–Crippen MR) is 88.9 cm³/mol. The Hall–Kier alpha value is -1.14. The summed E-state index contributed by atoms with van der Waals surface area (Å²) in [6, 6.07) is 12.1. The van der Waals surface area contributed by atoms with Gasteiger partial charge in [0.15, 0.2) is 11.5 Å². The Bertz CT molecular complexity index is 633. The molecule has 0 saturated carbocycles. The molecule has 3 nitrogen and oxygen atoms in total. The van der Waals surface area contributed by atoms with Gasteiger partial charge in [0.1, 0.15) is 13.2 Å². The molecule has 0 radical (unpaired) electrons. The number of benzene rings is 2. The molecule has 0 saturated heterocycles. The molecule has 3 rings (SSSR count). The Morgan fingerprint density at radius 3 is 2.85 bits per heavy atom. The highest BCUT2D eigenvalue weighted by atomic mass is 127. The number of anilines is 1. The van der Waals surface area contributed by atoms with Gasteiger partial charge >= 0.3 is 0 Å². The van der Waals surface area contributed by atoms with Crippen molar-refractivity contribution in [2.45, 2.75) is 6.54 Å². The zero-order valence-corrected chi connectivity index (χ0v) is 13.6. The second-order valence-electron chi connectivity index (χ2n) is 4.47. The van der Waals surface area contributed by atoms with Crippen molar-refractivity contribution in [1.29, 1.82) is 0 Å². The molecule has 2 aromatic rings. The van der Waals surface area contributed by atoms with E-state index in [4.69, 9.17) is 21.1 Å². The first-order chi connectivity index (χ1) is 9.72. The molecule has 0 aromatic heterocycles. The summed E-state index contributed by atoms with van der Waals surface area (Å²) in [6.07, 6.45) is 0. The van der Waals surface area contributed by atoms with E-state index in [1.807, 2.05) is 24.3 Å². The largest absolute Gasteiger partial charge is 0.486 e. The van der Waals surface area contributed by atoms with Crippen LogP contribution in [-0.2, 0) is 6.54 Å². The summed E-state index contributed by atoms with van der Waals surface area (Å²) in [7, 11) is 0. The number of halogens is 2. The average Bonchev–Trinajstić information content (AvgIpc) is 2.45. The minimum atomic E-state index is 0.548. The van der Waals surface area contributed by atoms with Gasteiger partial charge in [0.05, 0.1) is 5.02 Å². The Kier molecular flexibility index (Phi) is 4.21. The van der Waals surface area contributed by atoms with Gasteiger partial charge in [-0.05, 0) is 58.5 Å². The normalized spacial score (nSPS) is 13.1. The molecule has 104 valence electrons. The molecule has 0 aliphatic carbocycles. The number of hydrogen-bond acceptors (Lipinski definition) is 3. The monoisotopic (exact) mass is 401 g/mol. The van der Waals surface area contributed by atoms with Gasteiger partial charge in [-0.1, -0.05) is 17.7 Å². The van der Waals surface area contributed by atoms with Crippen molar-refractivity contribution in [2.24, 2.45) is 0 Å². The Morgan fingerprint density at radius 1 is 1.15 bits per heavy atom. The van der Waals surface area contributed by atoms with Gasteiger partial charge in [-0.15, -0.1) is 0 Å². The third kappa shape index (κ3) is 3.12. The zero-order valence-electron chi connectivity index (χ0n) is 10.7. The van der Waals surface area contributed by atoms with E-state index in [1.165, 1.54) is 3.57 Å². The maximum absolute atomic E-state index is 6.22. The van der Waals surface area contributed by atoms with Crippen molar-refractivity contribution >= 4 is 39.9 Å². The fourth-order valence-electron chi connectivity index (χ4n) is 2.07. The average molecular weight is 402 g/mol. The maximum atomic E-state index is 6.22. The Labute approximate surface area is 136 Å². The molecule has 1 N–H and O–H groups in total. The second kappa shape index (κ2) is 6.10. The lowest BCUT2D eigenvalue weighted by molar-refractivity contribution is 0.171. The molecule has 1 aliphatic heterocycles. The lowest BCUT2D eigenvalue weighted by atomic mass is 10.2. The van der Waals surface area contributed by atoms with Crippen LogP contribution >= 0.6 is 34.2 Å². The van der Waals surface area contributed by atoms with E-state index < -0.39 is 0 Å². The van der Waals surface area contributed by atoms with Crippen LogP contribution in [0.25, 0.3) is 0 Å². The molecule has 20 heavy (non-hydrogen) atoms. The summed E-state index contributed by atoms with van der Waals surface area (Å²) in [5, 5.41) is 3.97. The Morgan fingerprint density at radius 2 is 2.00 bits per heavy atom. The fourth-order valence-corrected chi connectivity index (χ4v) is 2.90. The van der Waals surface area contributed by atoms with Crippen LogP contribution in [0.4, 0.5) is 5.69 Å². The summed E-state index contributed by atoms with van der Waals surface area (Å²) in [4.78, 5) is 0. The number of fused-ring (bicyclic) bond motifs is 1. The van der Waals surface area contributed by atoms with Gasteiger partial charge in [0, 0.05) is 15.8 Å². The second-order valence-corrected chi connectivity index (χ2v) is 6.12. The molecule has 0 unspecified atom stereocenters. The molecule has 2 aromatic carbocycles. The zero-order chi connectivity index (χ0) is 13.9. The van der Waals surface area contributed by atoms with Crippen LogP contribution < -0.4 is 14.8 Å². The van der Waals surface area contributed by atoms with E-state index in [0.29, 0.717) is 30.5 Å². The number of nitrogens with one attached hydrogen (secondary N) is 1. The highest BCUT2D eigenvalue weighted by Gasteiger charge is 2.16. The molecule has 0 spiro atoms. The standard InChI is InChI=1S/C15H13ClINO2/c16-13-6-10(7-14-15(13)20-5-4-19-14)9-18-12-3-1-2-11(17)8-12/h1-3,6-8,18H,4-5,9H2. The highest BCUT2D eigenvalue weighted by molar-refractivity contribution is 14.1. The maximum Gasteiger partial charge on any atom is 0.179 e. The molecular weight excluding hydrogens is 389 g/mol. The quantitative estimate of drug-likeness (QED) is 0.777. The first kappa shape index (κ1) is 13.8. The van der Waals surface area contributed by atoms with Crippen LogP contribution in [0.3, 0.4) is 0 Å². The van der Waals surface area contributed by atoms with E-state index in [2.05, 4.69) is 40.0 Å². The van der Waals surface area contributed by atoms with E-state index in [1.54, 1.807) is 0 Å². The van der Waals surface area contributed by atoms with E-state index in [0.717, 1.165) is 17.0 Å². The van der Waals surface area contributed by atoms with Gasteiger partial charge in [-0.25, -0.2) is 0 Å². The van der Waals surface area contributed by atoms with E-state index in [-0.39, 0.29) is 0 Å². The van der Waals surface area contributed by atoms with Gasteiger partial charge in [-0.3, -0.25) is 0 Å². The van der Waals surface area contributed by atoms with Crippen molar-refractivity contribution in [2.75, 3.05) is 18.5 Å². The van der Waals surface area contributed by atoms with Crippen LogP contribution in [0.5, 0.6) is 11.5 Å². The van der Waals surface area contributed by atoms with Crippen LogP contribution in [0.2, 0.25) is 5.02 Å². The summed E-state index contributed by atoms with van der Waals surface area (Å²) in [6.45, 7) is 1.81. The third-order valence-corrected chi connectivity index (χ3v) is 3.93. The molecule has 1 heterocycles. The molecule has 5 heteroatoms. The van der Waals surface area contributed by atoms with Crippen molar-refractivity contribution in [3.05, 3.63) is 50.6 Å². The minimum absolute atomic E-state index is 0.548. The summed E-state index contributed by atoms with van der Waals surface area (Å²) in [5.74, 6) is 1.37. The molecule has 1 aliphatic rings. The number of rotatable bonds is 3. The Balaban J connectivity index is 1.76. The number of hydrogen-bond donors (Lipinski definition) is 1. The lowest BCUT2D eigenvalue weighted by Gasteiger charge is -2.20. The van der Waals surface area contributed by atoms with E-state index >= 15 is 0 Å². The summed E-state index contributed by atoms with van der Waals surface area (Å²) in [5.41, 5.74) is 2.15. The van der Waals surface area contributed by atoms with E-state index in [9.17, 15) is 0 Å². The van der Waals surface area contributed by atoms with Crippen molar-refractivity contribution in [1.82, 2.24) is 0 Å². The van der Waals surface area contributed by atoms with Crippen molar-refractivity contribution in [3.63, 3.8) is 0 Å². The SMILES string of the molecule is Clc1cc(CNc2cccc(I)c2)cc2c1OCCO2. The number of ether oxygens (including phenoxy) is 2. The summed E-state index contributed by atoms with van der Waals surface area (Å²) < 4.78 is 12.3. The van der Waals surface area contributed by atoms with Crippen LogP contribution in [0.1, 0.15) is 5.56 Å². The van der Waals surface area contributed by atoms with Crippen LogP contribution in [0, 0.1) is 3.57 Å². The van der Waals surface area contributed by atoms with Crippen molar-refractivity contribution < 1.29 is 9.47 Å².